The number of amides is 1. The molecule has 0 rings (SSSR count). The first-order valence-electron chi connectivity index (χ1n) is 4.52. The Morgan fingerprint density at radius 2 is 2.08 bits per heavy atom. The molecular weight excluding hydrogens is 170 g/mol. The third-order valence-corrected chi connectivity index (χ3v) is 1.68. The van der Waals surface area contributed by atoms with Gasteiger partial charge in [-0.05, 0) is 20.8 Å². The van der Waals surface area contributed by atoms with Gasteiger partial charge in [-0.15, -0.1) is 0 Å². The summed E-state index contributed by atoms with van der Waals surface area (Å²) in [6.45, 7) is 6.74. The van der Waals surface area contributed by atoms with E-state index in [0.717, 1.165) is 0 Å². The smallest absolute Gasteiger partial charge is 0.249 e. The fourth-order valence-corrected chi connectivity index (χ4v) is 0.804. The van der Waals surface area contributed by atoms with Gasteiger partial charge in [-0.3, -0.25) is 4.79 Å². The highest BCUT2D eigenvalue weighted by Crippen LogP contribution is 1.90. The molecule has 0 bridgehead atoms. The van der Waals surface area contributed by atoms with E-state index in [1.807, 2.05) is 13.8 Å². The van der Waals surface area contributed by atoms with Gasteiger partial charge in [0.2, 0.25) is 5.91 Å². The van der Waals surface area contributed by atoms with E-state index in [1.54, 1.807) is 6.92 Å². The molecule has 0 aromatic carbocycles. The molecule has 0 spiro atoms. The van der Waals surface area contributed by atoms with E-state index in [0.29, 0.717) is 13.2 Å². The lowest BCUT2D eigenvalue weighted by Gasteiger charge is -2.16. The summed E-state index contributed by atoms with van der Waals surface area (Å²) in [6.07, 6.45) is -0.399. The molecule has 0 fully saturated rings. The topological polar surface area (TPSA) is 47.6 Å². The average molecular weight is 189 g/mol. The standard InChI is InChI=1S/C9H19NO3/c1-5-13-6-7(2)10-9(11)8(3)12-4/h7-8H,5-6H2,1-4H3,(H,10,11). The van der Waals surface area contributed by atoms with E-state index in [9.17, 15) is 4.79 Å². The first-order valence-corrected chi connectivity index (χ1v) is 4.52. The Morgan fingerprint density at radius 3 is 2.54 bits per heavy atom. The Morgan fingerprint density at radius 1 is 1.46 bits per heavy atom. The molecule has 0 saturated heterocycles. The number of carbonyl (C=O) groups is 1. The van der Waals surface area contributed by atoms with Crippen LogP contribution in [0.3, 0.4) is 0 Å². The predicted molar refractivity (Wildman–Crippen MR) is 50.6 cm³/mol. The highest BCUT2D eigenvalue weighted by Gasteiger charge is 2.13. The summed E-state index contributed by atoms with van der Waals surface area (Å²) in [5.41, 5.74) is 0. The molecule has 0 saturated carbocycles. The van der Waals surface area contributed by atoms with Crippen LogP contribution in [0, 0.1) is 0 Å². The molecule has 0 aromatic rings. The van der Waals surface area contributed by atoms with Crippen molar-refractivity contribution in [3.05, 3.63) is 0 Å². The molecule has 2 atom stereocenters. The van der Waals surface area contributed by atoms with Crippen molar-refractivity contribution in [3.8, 4) is 0 Å². The van der Waals surface area contributed by atoms with Gasteiger partial charge < -0.3 is 14.8 Å². The minimum Gasteiger partial charge on any atom is -0.380 e. The maximum Gasteiger partial charge on any atom is 0.249 e. The molecular formula is C9H19NO3. The van der Waals surface area contributed by atoms with Crippen molar-refractivity contribution in [2.75, 3.05) is 20.3 Å². The first-order chi connectivity index (χ1) is 6.11. The molecule has 0 aliphatic rings. The molecule has 0 aliphatic carbocycles. The maximum absolute atomic E-state index is 11.3. The minimum atomic E-state index is -0.399. The van der Waals surface area contributed by atoms with Crippen LogP contribution in [0.4, 0.5) is 0 Å². The van der Waals surface area contributed by atoms with Gasteiger partial charge in [-0.1, -0.05) is 0 Å². The molecule has 78 valence electrons. The van der Waals surface area contributed by atoms with E-state index in [1.165, 1.54) is 7.11 Å². The quantitative estimate of drug-likeness (QED) is 0.664. The molecule has 0 aromatic heterocycles. The second-order valence-corrected chi connectivity index (χ2v) is 2.95. The van der Waals surface area contributed by atoms with Gasteiger partial charge in [-0.25, -0.2) is 0 Å². The predicted octanol–water partition coefficient (Wildman–Crippen LogP) is 0.562. The molecule has 1 N–H and O–H groups in total. The SMILES string of the molecule is CCOCC(C)NC(=O)C(C)OC. The van der Waals surface area contributed by atoms with E-state index in [2.05, 4.69) is 5.32 Å². The fourth-order valence-electron chi connectivity index (χ4n) is 0.804. The van der Waals surface area contributed by atoms with Crippen LogP contribution in [-0.4, -0.2) is 38.4 Å². The molecule has 2 unspecified atom stereocenters. The van der Waals surface area contributed by atoms with Crippen molar-refractivity contribution < 1.29 is 14.3 Å². The third-order valence-electron chi connectivity index (χ3n) is 1.68. The van der Waals surface area contributed by atoms with Crippen LogP contribution in [-0.2, 0) is 14.3 Å². The number of hydrogen-bond acceptors (Lipinski definition) is 3. The summed E-state index contributed by atoms with van der Waals surface area (Å²) in [5.74, 6) is -0.102. The lowest BCUT2D eigenvalue weighted by Crippen LogP contribution is -2.41. The normalized spacial score (nSPS) is 15.1. The van der Waals surface area contributed by atoms with Gasteiger partial charge in [0.25, 0.3) is 0 Å². The van der Waals surface area contributed by atoms with Gasteiger partial charge in [-0.2, -0.15) is 0 Å². The summed E-state index contributed by atoms with van der Waals surface area (Å²) in [7, 11) is 1.51. The second-order valence-electron chi connectivity index (χ2n) is 2.95. The number of ether oxygens (including phenoxy) is 2. The zero-order valence-corrected chi connectivity index (χ0v) is 8.79. The van der Waals surface area contributed by atoms with Crippen molar-refractivity contribution in [3.63, 3.8) is 0 Å². The number of hydrogen-bond donors (Lipinski definition) is 1. The van der Waals surface area contributed by atoms with Crippen LogP contribution in [0.2, 0.25) is 0 Å². The van der Waals surface area contributed by atoms with Crippen LogP contribution in [0.5, 0.6) is 0 Å². The number of rotatable bonds is 6. The van der Waals surface area contributed by atoms with Crippen molar-refractivity contribution >= 4 is 5.91 Å². The average Bonchev–Trinajstić information content (AvgIpc) is 2.13. The summed E-state index contributed by atoms with van der Waals surface area (Å²) in [5, 5.41) is 2.78. The zero-order chi connectivity index (χ0) is 10.3. The molecule has 0 radical (unpaired) electrons. The third kappa shape index (κ3) is 5.60. The van der Waals surface area contributed by atoms with Gasteiger partial charge in [0, 0.05) is 19.8 Å². The summed E-state index contributed by atoms with van der Waals surface area (Å²) < 4.78 is 10.0. The molecule has 0 aliphatic heterocycles. The summed E-state index contributed by atoms with van der Waals surface area (Å²) >= 11 is 0. The van der Waals surface area contributed by atoms with Crippen molar-refractivity contribution in [2.24, 2.45) is 0 Å². The molecule has 0 heterocycles. The second kappa shape index (κ2) is 6.86. The van der Waals surface area contributed by atoms with Crippen molar-refractivity contribution in [1.29, 1.82) is 0 Å². The van der Waals surface area contributed by atoms with Crippen LogP contribution in [0.1, 0.15) is 20.8 Å². The summed E-state index contributed by atoms with van der Waals surface area (Å²) in [6, 6.07) is 0.0325. The highest BCUT2D eigenvalue weighted by molar-refractivity contribution is 5.80. The lowest BCUT2D eigenvalue weighted by molar-refractivity contribution is -0.131. The van der Waals surface area contributed by atoms with Crippen LogP contribution >= 0.6 is 0 Å². The molecule has 13 heavy (non-hydrogen) atoms. The van der Waals surface area contributed by atoms with Crippen molar-refractivity contribution in [1.82, 2.24) is 5.32 Å². The van der Waals surface area contributed by atoms with Gasteiger partial charge in [0.1, 0.15) is 6.10 Å². The van der Waals surface area contributed by atoms with Crippen molar-refractivity contribution in [2.45, 2.75) is 32.9 Å². The minimum absolute atomic E-state index is 0.0325. The van der Waals surface area contributed by atoms with E-state index >= 15 is 0 Å². The van der Waals surface area contributed by atoms with Gasteiger partial charge in [0.05, 0.1) is 6.61 Å². The number of carbonyl (C=O) groups excluding carboxylic acids is 1. The van der Waals surface area contributed by atoms with Gasteiger partial charge in [0.15, 0.2) is 0 Å². The summed E-state index contributed by atoms with van der Waals surface area (Å²) in [4.78, 5) is 11.3. The van der Waals surface area contributed by atoms with E-state index in [-0.39, 0.29) is 11.9 Å². The molecule has 4 heteroatoms. The Bertz CT molecular complexity index is 150. The zero-order valence-electron chi connectivity index (χ0n) is 8.79. The largest absolute Gasteiger partial charge is 0.380 e. The van der Waals surface area contributed by atoms with Crippen LogP contribution in [0.15, 0.2) is 0 Å². The van der Waals surface area contributed by atoms with E-state index < -0.39 is 6.10 Å². The Labute approximate surface area is 79.6 Å². The number of nitrogens with one attached hydrogen (secondary N) is 1. The highest BCUT2D eigenvalue weighted by atomic mass is 16.5. The molecule has 1 amide bonds. The maximum atomic E-state index is 11.3. The Hall–Kier alpha value is -0.610. The Kier molecular flexibility index (Phi) is 6.54. The first kappa shape index (κ1) is 12.4. The van der Waals surface area contributed by atoms with Crippen LogP contribution < -0.4 is 5.32 Å². The van der Waals surface area contributed by atoms with Crippen LogP contribution in [0.25, 0.3) is 0 Å². The van der Waals surface area contributed by atoms with Gasteiger partial charge >= 0.3 is 0 Å². The molecule has 4 nitrogen and oxygen atoms in total. The lowest BCUT2D eigenvalue weighted by atomic mass is 10.3. The number of methoxy groups -OCH3 is 1. The Balaban J connectivity index is 3.64. The monoisotopic (exact) mass is 189 g/mol. The fraction of sp³-hybridized carbons (Fsp3) is 0.889. The van der Waals surface area contributed by atoms with E-state index in [4.69, 9.17) is 9.47 Å².